The zero-order chi connectivity index (χ0) is 7.82. The molecule has 0 saturated heterocycles. The van der Waals surface area contributed by atoms with Crippen LogP contribution in [-0.4, -0.2) is 13.1 Å². The third-order valence-corrected chi connectivity index (χ3v) is 1.31. The Morgan fingerprint density at radius 2 is 2.10 bits per heavy atom. The highest BCUT2D eigenvalue weighted by atomic mass is 14.9. The van der Waals surface area contributed by atoms with E-state index in [1.807, 2.05) is 6.92 Å². The van der Waals surface area contributed by atoms with Crippen molar-refractivity contribution in [3.8, 4) is 0 Å². The van der Waals surface area contributed by atoms with Gasteiger partial charge in [-0.2, -0.15) is 0 Å². The number of allylic oxidation sites excluding steroid dienone is 1. The number of hydrogen-bond acceptors (Lipinski definition) is 2. The molecule has 0 rings (SSSR count). The van der Waals surface area contributed by atoms with Gasteiger partial charge in [-0.15, -0.1) is 0 Å². The molecule has 2 heteroatoms. The third-order valence-electron chi connectivity index (χ3n) is 1.31. The summed E-state index contributed by atoms with van der Waals surface area (Å²) in [5.41, 5.74) is 6.38. The van der Waals surface area contributed by atoms with Crippen molar-refractivity contribution in [1.29, 1.82) is 0 Å². The summed E-state index contributed by atoms with van der Waals surface area (Å²) in [6, 6.07) is 0. The quantitative estimate of drug-likeness (QED) is 0.547. The van der Waals surface area contributed by atoms with Gasteiger partial charge in [0.1, 0.15) is 0 Å². The fraction of sp³-hybridized carbons (Fsp3) is 0.750. The second-order valence-corrected chi connectivity index (χ2v) is 2.56. The summed E-state index contributed by atoms with van der Waals surface area (Å²) in [6.45, 7) is 7.56. The molecule has 0 fully saturated rings. The lowest BCUT2D eigenvalue weighted by atomic mass is 10.2. The minimum atomic E-state index is 0.813. The van der Waals surface area contributed by atoms with Crippen LogP contribution in [0.3, 0.4) is 0 Å². The van der Waals surface area contributed by atoms with E-state index < -0.39 is 0 Å². The van der Waals surface area contributed by atoms with Crippen LogP contribution in [0.2, 0.25) is 0 Å². The number of hydrogen-bond donors (Lipinski definition) is 2. The normalized spacial score (nSPS) is 9.40. The number of nitrogens with two attached hydrogens (primary N) is 1. The molecule has 0 aromatic heterocycles. The van der Waals surface area contributed by atoms with Gasteiger partial charge in [0.15, 0.2) is 0 Å². The molecule has 0 amide bonds. The average molecular weight is 142 g/mol. The zero-order valence-corrected chi connectivity index (χ0v) is 6.82. The minimum Gasteiger partial charge on any atom is -0.389 e. The predicted molar refractivity (Wildman–Crippen MR) is 45.7 cm³/mol. The second kappa shape index (κ2) is 6.62. The van der Waals surface area contributed by atoms with Crippen LogP contribution in [0, 0.1) is 0 Å². The summed E-state index contributed by atoms with van der Waals surface area (Å²) in [6.07, 6.45) is 3.55. The maximum Gasteiger partial charge on any atom is 0.0143 e. The van der Waals surface area contributed by atoms with Crippen LogP contribution in [0.1, 0.15) is 26.2 Å². The Labute approximate surface area is 63.5 Å². The molecule has 2 nitrogen and oxygen atoms in total. The monoisotopic (exact) mass is 142 g/mol. The first-order chi connectivity index (χ1) is 4.77. The highest BCUT2D eigenvalue weighted by Crippen LogP contribution is 1.91. The van der Waals surface area contributed by atoms with Gasteiger partial charge < -0.3 is 11.1 Å². The maximum atomic E-state index is 5.33. The van der Waals surface area contributed by atoms with E-state index in [0.717, 1.165) is 25.2 Å². The van der Waals surface area contributed by atoms with Crippen LogP contribution in [0.4, 0.5) is 0 Å². The van der Waals surface area contributed by atoms with Gasteiger partial charge in [-0.25, -0.2) is 0 Å². The Balaban J connectivity index is 2.84. The first-order valence-corrected chi connectivity index (χ1v) is 3.87. The molecular formula is C8H18N2. The SMILES string of the molecule is C=C(C)NCCCCCN. The molecule has 0 aromatic rings. The van der Waals surface area contributed by atoms with E-state index in [0.29, 0.717) is 0 Å². The van der Waals surface area contributed by atoms with Crippen LogP contribution in [0.15, 0.2) is 12.3 Å². The first kappa shape index (κ1) is 9.50. The fourth-order valence-electron chi connectivity index (χ4n) is 0.748. The van der Waals surface area contributed by atoms with Gasteiger partial charge in [0.05, 0.1) is 0 Å². The van der Waals surface area contributed by atoms with Crippen molar-refractivity contribution in [3.05, 3.63) is 12.3 Å². The van der Waals surface area contributed by atoms with E-state index in [1.165, 1.54) is 12.8 Å². The molecule has 0 unspecified atom stereocenters. The molecule has 0 aliphatic rings. The molecule has 0 aliphatic carbocycles. The second-order valence-electron chi connectivity index (χ2n) is 2.56. The van der Waals surface area contributed by atoms with Crippen molar-refractivity contribution in [2.45, 2.75) is 26.2 Å². The van der Waals surface area contributed by atoms with Crippen LogP contribution in [0.5, 0.6) is 0 Å². The molecule has 0 aliphatic heterocycles. The van der Waals surface area contributed by atoms with E-state index in [9.17, 15) is 0 Å². The smallest absolute Gasteiger partial charge is 0.0143 e. The molecule has 0 radical (unpaired) electrons. The van der Waals surface area contributed by atoms with Crippen molar-refractivity contribution in [2.75, 3.05) is 13.1 Å². The number of unbranched alkanes of at least 4 members (excludes halogenated alkanes) is 2. The highest BCUT2D eigenvalue weighted by Gasteiger charge is 1.86. The lowest BCUT2D eigenvalue weighted by molar-refractivity contribution is 0.650. The average Bonchev–Trinajstić information content (AvgIpc) is 1.87. The summed E-state index contributed by atoms with van der Waals surface area (Å²) in [7, 11) is 0. The molecule has 60 valence electrons. The Hall–Kier alpha value is -0.500. The lowest BCUT2D eigenvalue weighted by Crippen LogP contribution is -2.11. The summed E-state index contributed by atoms with van der Waals surface area (Å²) in [4.78, 5) is 0. The molecule has 0 atom stereocenters. The first-order valence-electron chi connectivity index (χ1n) is 3.87. The summed E-state index contributed by atoms with van der Waals surface area (Å²) in [5.74, 6) is 0. The van der Waals surface area contributed by atoms with E-state index >= 15 is 0 Å². The van der Waals surface area contributed by atoms with E-state index in [1.54, 1.807) is 0 Å². The van der Waals surface area contributed by atoms with Gasteiger partial charge in [0.2, 0.25) is 0 Å². The summed E-state index contributed by atoms with van der Waals surface area (Å²) < 4.78 is 0. The van der Waals surface area contributed by atoms with Crippen LogP contribution < -0.4 is 11.1 Å². The van der Waals surface area contributed by atoms with Gasteiger partial charge in [0, 0.05) is 12.2 Å². The fourth-order valence-corrected chi connectivity index (χ4v) is 0.748. The Bertz CT molecular complexity index is 89.3. The van der Waals surface area contributed by atoms with Crippen LogP contribution in [-0.2, 0) is 0 Å². The van der Waals surface area contributed by atoms with E-state index in [-0.39, 0.29) is 0 Å². The van der Waals surface area contributed by atoms with Gasteiger partial charge in [-0.1, -0.05) is 13.0 Å². The highest BCUT2D eigenvalue weighted by molar-refractivity contribution is 4.83. The molecule has 3 N–H and O–H groups in total. The third kappa shape index (κ3) is 7.50. The van der Waals surface area contributed by atoms with Crippen molar-refractivity contribution in [3.63, 3.8) is 0 Å². The topological polar surface area (TPSA) is 38.0 Å². The molecule has 0 heterocycles. The van der Waals surface area contributed by atoms with E-state index in [2.05, 4.69) is 11.9 Å². The number of nitrogens with one attached hydrogen (secondary N) is 1. The van der Waals surface area contributed by atoms with Crippen molar-refractivity contribution in [2.24, 2.45) is 5.73 Å². The van der Waals surface area contributed by atoms with Gasteiger partial charge >= 0.3 is 0 Å². The van der Waals surface area contributed by atoms with Crippen LogP contribution in [0.25, 0.3) is 0 Å². The lowest BCUT2D eigenvalue weighted by Gasteiger charge is -2.03. The Morgan fingerprint density at radius 3 is 2.60 bits per heavy atom. The molecule has 0 saturated carbocycles. The Morgan fingerprint density at radius 1 is 1.40 bits per heavy atom. The summed E-state index contributed by atoms with van der Waals surface area (Å²) in [5, 5.41) is 3.17. The van der Waals surface area contributed by atoms with Crippen LogP contribution >= 0.6 is 0 Å². The predicted octanol–water partition coefficient (Wildman–Crippen LogP) is 1.24. The molecule has 0 aromatic carbocycles. The Kier molecular flexibility index (Phi) is 6.29. The minimum absolute atomic E-state index is 0.813. The summed E-state index contributed by atoms with van der Waals surface area (Å²) >= 11 is 0. The molecule has 0 spiro atoms. The zero-order valence-electron chi connectivity index (χ0n) is 6.82. The molecule has 0 bridgehead atoms. The maximum absolute atomic E-state index is 5.33. The van der Waals surface area contributed by atoms with E-state index in [4.69, 9.17) is 5.73 Å². The largest absolute Gasteiger partial charge is 0.389 e. The van der Waals surface area contributed by atoms with Gasteiger partial charge in [-0.05, 0) is 26.3 Å². The van der Waals surface area contributed by atoms with Gasteiger partial charge in [-0.3, -0.25) is 0 Å². The van der Waals surface area contributed by atoms with Crippen molar-refractivity contribution in [1.82, 2.24) is 5.32 Å². The standard InChI is InChI=1S/C8H18N2/c1-8(2)10-7-5-3-4-6-9/h10H,1,3-7,9H2,2H3. The van der Waals surface area contributed by atoms with Crippen molar-refractivity contribution < 1.29 is 0 Å². The molecule has 10 heavy (non-hydrogen) atoms. The van der Waals surface area contributed by atoms with Gasteiger partial charge in [0.25, 0.3) is 0 Å². The number of rotatable bonds is 6. The van der Waals surface area contributed by atoms with Crippen molar-refractivity contribution >= 4 is 0 Å². The molecular weight excluding hydrogens is 124 g/mol.